The standard InChI is InChI=1S/C31H36N6O2S/c1-36(2)40(38,39)29-11-4-3-9-27(29)34-28-10-7-8-24-21-32-31(35-30(24)28)33-25-15-12-22-13-16-26(17-14-23(22)20-25)37-18-5-6-19-37/h3-4,7-12,15,20-21,26,34H,5-6,13-14,16-19H2,1-2H3,(H,32,33,35). The molecule has 1 aromatic heterocycles. The Bertz CT molecular complexity index is 1630. The third-order valence-electron chi connectivity index (χ3n) is 8.14. The topological polar surface area (TPSA) is 90.5 Å². The van der Waals surface area contributed by atoms with Crippen molar-refractivity contribution in [3.05, 3.63) is 78.0 Å². The molecule has 8 nitrogen and oxygen atoms in total. The molecule has 1 atom stereocenters. The normalized spacial score (nSPS) is 18.0. The first-order chi connectivity index (χ1) is 19.4. The molecule has 1 unspecified atom stereocenters. The molecule has 2 heterocycles. The summed E-state index contributed by atoms with van der Waals surface area (Å²) in [5.41, 5.74) is 5.75. The molecule has 3 aromatic carbocycles. The molecular formula is C31H36N6O2S. The van der Waals surface area contributed by atoms with Crippen LogP contribution in [0.2, 0.25) is 0 Å². The number of hydrogen-bond donors (Lipinski definition) is 2. The SMILES string of the molecule is CN(C)S(=O)(=O)c1ccccc1Nc1cccc2cnc(Nc3ccc4c(c3)CCC(N3CCCC3)CC4)nc12. The molecule has 208 valence electrons. The van der Waals surface area contributed by atoms with Crippen LogP contribution in [0.25, 0.3) is 10.9 Å². The first kappa shape index (κ1) is 26.7. The van der Waals surface area contributed by atoms with Gasteiger partial charge in [-0.1, -0.05) is 30.3 Å². The highest BCUT2D eigenvalue weighted by atomic mass is 32.2. The Morgan fingerprint density at radius 3 is 2.42 bits per heavy atom. The highest BCUT2D eigenvalue weighted by Crippen LogP contribution is 2.32. The predicted molar refractivity (Wildman–Crippen MR) is 161 cm³/mol. The van der Waals surface area contributed by atoms with Gasteiger partial charge in [0.1, 0.15) is 4.90 Å². The van der Waals surface area contributed by atoms with E-state index in [9.17, 15) is 8.42 Å². The van der Waals surface area contributed by atoms with Crippen LogP contribution in [0.15, 0.2) is 71.8 Å². The van der Waals surface area contributed by atoms with E-state index < -0.39 is 10.0 Å². The van der Waals surface area contributed by atoms with Gasteiger partial charge in [-0.25, -0.2) is 22.7 Å². The van der Waals surface area contributed by atoms with Gasteiger partial charge in [0, 0.05) is 37.4 Å². The van der Waals surface area contributed by atoms with Crippen LogP contribution in [-0.4, -0.2) is 60.8 Å². The van der Waals surface area contributed by atoms with Gasteiger partial charge in [-0.3, -0.25) is 0 Å². The minimum absolute atomic E-state index is 0.210. The van der Waals surface area contributed by atoms with E-state index in [1.807, 2.05) is 24.3 Å². The van der Waals surface area contributed by atoms with Crippen molar-refractivity contribution in [1.29, 1.82) is 0 Å². The van der Waals surface area contributed by atoms with Gasteiger partial charge in [-0.15, -0.1) is 0 Å². The van der Waals surface area contributed by atoms with Crippen molar-refractivity contribution in [3.8, 4) is 0 Å². The Labute approximate surface area is 236 Å². The zero-order valence-corrected chi connectivity index (χ0v) is 23.9. The number of sulfonamides is 1. The Kier molecular flexibility index (Phi) is 7.44. The van der Waals surface area contributed by atoms with Crippen LogP contribution in [0.1, 0.15) is 36.8 Å². The third kappa shape index (κ3) is 5.41. The highest BCUT2D eigenvalue weighted by Gasteiger charge is 2.25. The molecule has 0 bridgehead atoms. The van der Waals surface area contributed by atoms with Gasteiger partial charge in [0.15, 0.2) is 0 Å². The lowest BCUT2D eigenvalue weighted by Gasteiger charge is -2.25. The number of benzene rings is 3. The molecule has 1 aliphatic carbocycles. The van der Waals surface area contributed by atoms with Crippen LogP contribution in [0, 0.1) is 0 Å². The average Bonchev–Trinajstić information content (AvgIpc) is 3.41. The second-order valence-corrected chi connectivity index (χ2v) is 13.0. The molecule has 0 spiro atoms. The van der Waals surface area contributed by atoms with Crippen molar-refractivity contribution in [1.82, 2.24) is 19.2 Å². The highest BCUT2D eigenvalue weighted by molar-refractivity contribution is 7.89. The lowest BCUT2D eigenvalue weighted by atomic mass is 10.0. The maximum Gasteiger partial charge on any atom is 0.244 e. The van der Waals surface area contributed by atoms with E-state index in [2.05, 4.69) is 38.7 Å². The molecule has 9 heteroatoms. The average molecular weight is 557 g/mol. The molecule has 0 saturated carbocycles. The lowest BCUT2D eigenvalue weighted by molar-refractivity contribution is 0.222. The number of hydrogen-bond acceptors (Lipinski definition) is 7. The molecule has 40 heavy (non-hydrogen) atoms. The molecule has 6 rings (SSSR count). The molecular weight excluding hydrogens is 520 g/mol. The second-order valence-electron chi connectivity index (χ2n) is 10.9. The van der Waals surface area contributed by atoms with Crippen molar-refractivity contribution in [2.24, 2.45) is 0 Å². The predicted octanol–water partition coefficient (Wildman–Crippen LogP) is 5.71. The second kappa shape index (κ2) is 11.2. The molecule has 1 aliphatic heterocycles. The van der Waals surface area contributed by atoms with Crippen LogP contribution in [0.5, 0.6) is 0 Å². The van der Waals surface area contributed by atoms with Crippen LogP contribution >= 0.6 is 0 Å². The van der Waals surface area contributed by atoms with E-state index in [1.165, 1.54) is 68.3 Å². The summed E-state index contributed by atoms with van der Waals surface area (Å²) < 4.78 is 27.1. The van der Waals surface area contributed by atoms with Gasteiger partial charge >= 0.3 is 0 Å². The van der Waals surface area contributed by atoms with Gasteiger partial charge in [0.05, 0.1) is 16.9 Å². The van der Waals surface area contributed by atoms with E-state index in [-0.39, 0.29) is 4.90 Å². The van der Waals surface area contributed by atoms with E-state index in [4.69, 9.17) is 4.98 Å². The lowest BCUT2D eigenvalue weighted by Crippen LogP contribution is -2.32. The Morgan fingerprint density at radius 2 is 1.62 bits per heavy atom. The Morgan fingerprint density at radius 1 is 0.875 bits per heavy atom. The summed E-state index contributed by atoms with van der Waals surface area (Å²) >= 11 is 0. The largest absolute Gasteiger partial charge is 0.353 e. The number of anilines is 4. The molecule has 1 fully saturated rings. The van der Waals surface area contributed by atoms with Crippen molar-refractivity contribution >= 4 is 43.9 Å². The van der Waals surface area contributed by atoms with Gasteiger partial charge in [0.2, 0.25) is 16.0 Å². The number of aromatic nitrogens is 2. The molecule has 2 N–H and O–H groups in total. The van der Waals surface area contributed by atoms with Crippen molar-refractivity contribution in [2.75, 3.05) is 37.8 Å². The summed E-state index contributed by atoms with van der Waals surface area (Å²) in [4.78, 5) is 12.3. The molecule has 0 amide bonds. The number of rotatable bonds is 7. The fraction of sp³-hybridized carbons (Fsp3) is 0.355. The van der Waals surface area contributed by atoms with Crippen LogP contribution < -0.4 is 10.6 Å². The fourth-order valence-corrected chi connectivity index (χ4v) is 6.96. The number of nitrogens with one attached hydrogen (secondary N) is 2. The van der Waals surface area contributed by atoms with E-state index in [0.717, 1.165) is 23.9 Å². The van der Waals surface area contributed by atoms with Crippen LogP contribution in [0.3, 0.4) is 0 Å². The summed E-state index contributed by atoms with van der Waals surface area (Å²) in [5.74, 6) is 0.500. The fourth-order valence-electron chi connectivity index (χ4n) is 5.92. The van der Waals surface area contributed by atoms with Gasteiger partial charge < -0.3 is 15.5 Å². The number of nitrogens with zero attached hydrogens (tertiary/aromatic N) is 4. The smallest absolute Gasteiger partial charge is 0.244 e. The molecule has 2 aliphatic rings. The van der Waals surface area contributed by atoms with Gasteiger partial charge in [-0.05, 0) is 93.1 Å². The first-order valence-corrected chi connectivity index (χ1v) is 15.5. The Balaban J connectivity index is 1.25. The zero-order chi connectivity index (χ0) is 27.7. The molecule has 1 saturated heterocycles. The monoisotopic (exact) mass is 556 g/mol. The van der Waals surface area contributed by atoms with E-state index in [0.29, 0.717) is 28.9 Å². The number of fused-ring (bicyclic) bond motifs is 2. The molecule has 0 radical (unpaired) electrons. The maximum absolute atomic E-state index is 12.9. The summed E-state index contributed by atoms with van der Waals surface area (Å²) in [5, 5.41) is 7.59. The number of aryl methyl sites for hydroxylation is 2. The number of para-hydroxylation sites is 2. The third-order valence-corrected chi connectivity index (χ3v) is 10.0. The molecule has 4 aromatic rings. The quantitative estimate of drug-likeness (QED) is 0.282. The summed E-state index contributed by atoms with van der Waals surface area (Å²) in [6.07, 6.45) is 9.13. The summed E-state index contributed by atoms with van der Waals surface area (Å²) in [6, 6.07) is 20.0. The van der Waals surface area contributed by atoms with Gasteiger partial charge in [0.25, 0.3) is 0 Å². The van der Waals surface area contributed by atoms with Crippen LogP contribution in [-0.2, 0) is 22.9 Å². The van der Waals surface area contributed by atoms with E-state index in [1.54, 1.807) is 24.4 Å². The van der Waals surface area contributed by atoms with Gasteiger partial charge in [-0.2, -0.15) is 0 Å². The van der Waals surface area contributed by atoms with Crippen molar-refractivity contribution < 1.29 is 8.42 Å². The van der Waals surface area contributed by atoms with Crippen molar-refractivity contribution in [3.63, 3.8) is 0 Å². The minimum atomic E-state index is -3.63. The van der Waals surface area contributed by atoms with E-state index >= 15 is 0 Å². The minimum Gasteiger partial charge on any atom is -0.353 e. The van der Waals surface area contributed by atoms with Crippen molar-refractivity contribution in [2.45, 2.75) is 49.5 Å². The first-order valence-electron chi connectivity index (χ1n) is 14.1. The zero-order valence-electron chi connectivity index (χ0n) is 23.1. The summed E-state index contributed by atoms with van der Waals surface area (Å²) in [6.45, 7) is 2.50. The maximum atomic E-state index is 12.9. The summed E-state index contributed by atoms with van der Waals surface area (Å²) in [7, 11) is -0.563. The number of likely N-dealkylation sites (tertiary alicyclic amines) is 1. The van der Waals surface area contributed by atoms with Crippen LogP contribution in [0.4, 0.5) is 23.0 Å². The Hall–Kier alpha value is -3.53.